The zero-order valence-electron chi connectivity index (χ0n) is 44.6. The summed E-state index contributed by atoms with van der Waals surface area (Å²) in [5.74, 6) is -0.144. The van der Waals surface area contributed by atoms with Crippen LogP contribution in [-0.4, -0.2) is 87.5 Å². The molecule has 7 unspecified atom stereocenters. The van der Waals surface area contributed by atoms with E-state index in [4.69, 9.17) is 9.47 Å². The van der Waals surface area contributed by atoms with Crippen molar-refractivity contribution in [3.63, 3.8) is 0 Å². The van der Waals surface area contributed by atoms with Crippen LogP contribution in [-0.2, 0) is 14.3 Å². The summed E-state index contributed by atoms with van der Waals surface area (Å²) in [6.07, 6.45) is 60.0. The van der Waals surface area contributed by atoms with E-state index in [9.17, 15) is 30.3 Å². The smallest absolute Gasteiger partial charge is 0.220 e. The third-order valence-electron chi connectivity index (χ3n) is 13.6. The van der Waals surface area contributed by atoms with Crippen LogP contribution in [0.3, 0.4) is 0 Å². The molecule has 1 saturated heterocycles. The average molecular weight is 973 g/mol. The molecule has 402 valence electrons. The number of amides is 1. The van der Waals surface area contributed by atoms with Gasteiger partial charge in [0.05, 0.1) is 25.4 Å². The topological polar surface area (TPSA) is 149 Å². The van der Waals surface area contributed by atoms with Gasteiger partial charge in [-0.05, 0) is 57.8 Å². The minimum Gasteiger partial charge on any atom is -0.394 e. The van der Waals surface area contributed by atoms with E-state index in [1.54, 1.807) is 0 Å². The van der Waals surface area contributed by atoms with Crippen LogP contribution in [0.15, 0.2) is 60.8 Å². The highest BCUT2D eigenvalue weighted by atomic mass is 16.7. The van der Waals surface area contributed by atoms with Crippen LogP contribution in [0.5, 0.6) is 0 Å². The second-order valence-electron chi connectivity index (χ2n) is 20.1. The van der Waals surface area contributed by atoms with Gasteiger partial charge in [0.15, 0.2) is 6.29 Å². The van der Waals surface area contributed by atoms with Gasteiger partial charge in [-0.15, -0.1) is 0 Å². The van der Waals surface area contributed by atoms with Gasteiger partial charge in [-0.3, -0.25) is 4.79 Å². The SMILES string of the molecule is CC/C=C\C/C=C\C/C=C\C/C=C\C/C=C\CCCCCCCCCCCCCCCCCCCCCCCC(=O)NC(COC1OC(CO)C(O)C(O)C1O)C(O)CCCCCCCCCCC. The van der Waals surface area contributed by atoms with Gasteiger partial charge in [0.2, 0.25) is 5.91 Å². The zero-order valence-corrected chi connectivity index (χ0v) is 44.6. The average Bonchev–Trinajstić information content (AvgIpc) is 3.35. The molecule has 1 heterocycles. The first-order valence-electron chi connectivity index (χ1n) is 29.0. The Bertz CT molecular complexity index is 1270. The molecule has 9 nitrogen and oxygen atoms in total. The monoisotopic (exact) mass is 972 g/mol. The molecule has 7 atom stereocenters. The van der Waals surface area contributed by atoms with Crippen molar-refractivity contribution >= 4 is 5.91 Å². The van der Waals surface area contributed by atoms with E-state index in [1.807, 2.05) is 0 Å². The van der Waals surface area contributed by atoms with Crippen LogP contribution in [0.4, 0.5) is 0 Å². The van der Waals surface area contributed by atoms with E-state index < -0.39 is 49.5 Å². The van der Waals surface area contributed by atoms with Crippen LogP contribution in [0.25, 0.3) is 0 Å². The van der Waals surface area contributed by atoms with Gasteiger partial charge in [0, 0.05) is 6.42 Å². The summed E-state index contributed by atoms with van der Waals surface area (Å²) in [4.78, 5) is 13.0. The normalized spacial score (nSPS) is 19.9. The lowest BCUT2D eigenvalue weighted by molar-refractivity contribution is -0.302. The molecular weight excluding hydrogens is 863 g/mol. The number of carbonyl (C=O) groups excluding carboxylic acids is 1. The van der Waals surface area contributed by atoms with Gasteiger partial charge in [0.1, 0.15) is 24.4 Å². The lowest BCUT2D eigenvalue weighted by atomic mass is 9.99. The molecule has 1 aliphatic rings. The molecular formula is C60H109NO8. The molecule has 0 saturated carbocycles. The summed E-state index contributed by atoms with van der Waals surface area (Å²) in [6.45, 7) is 3.70. The minimum absolute atomic E-state index is 0.137. The Morgan fingerprint density at radius 1 is 0.507 bits per heavy atom. The first kappa shape index (κ1) is 64.9. The molecule has 9 heteroatoms. The van der Waals surface area contributed by atoms with E-state index in [-0.39, 0.29) is 12.5 Å². The molecule has 69 heavy (non-hydrogen) atoms. The summed E-state index contributed by atoms with van der Waals surface area (Å²) in [5, 5.41) is 54.4. The van der Waals surface area contributed by atoms with Crippen LogP contribution in [0, 0.1) is 0 Å². The number of unbranched alkanes of at least 4 members (excludes halogenated alkanes) is 29. The number of rotatable bonds is 49. The van der Waals surface area contributed by atoms with E-state index in [0.29, 0.717) is 12.8 Å². The van der Waals surface area contributed by atoms with Crippen molar-refractivity contribution in [2.75, 3.05) is 13.2 Å². The zero-order chi connectivity index (χ0) is 50.1. The minimum atomic E-state index is -1.55. The first-order valence-corrected chi connectivity index (χ1v) is 29.0. The second-order valence-corrected chi connectivity index (χ2v) is 20.1. The molecule has 0 aliphatic carbocycles. The van der Waals surface area contributed by atoms with Gasteiger partial charge in [-0.2, -0.15) is 0 Å². The summed E-state index contributed by atoms with van der Waals surface area (Å²) >= 11 is 0. The Labute approximate surface area is 424 Å². The first-order chi connectivity index (χ1) is 33.8. The molecule has 1 aliphatic heterocycles. The van der Waals surface area contributed by atoms with Crippen molar-refractivity contribution in [2.45, 2.75) is 301 Å². The van der Waals surface area contributed by atoms with Crippen molar-refractivity contribution in [2.24, 2.45) is 0 Å². The Hall–Kier alpha value is -2.11. The molecule has 0 radical (unpaired) electrons. The van der Waals surface area contributed by atoms with Crippen molar-refractivity contribution in [3.8, 4) is 0 Å². The van der Waals surface area contributed by atoms with Crippen LogP contribution < -0.4 is 5.32 Å². The Balaban J connectivity index is 2.02. The molecule has 0 aromatic carbocycles. The van der Waals surface area contributed by atoms with Crippen molar-refractivity contribution < 1.29 is 39.8 Å². The predicted molar refractivity (Wildman–Crippen MR) is 290 cm³/mol. The second kappa shape index (κ2) is 49.5. The maximum Gasteiger partial charge on any atom is 0.220 e. The van der Waals surface area contributed by atoms with Gasteiger partial charge in [-0.25, -0.2) is 0 Å². The number of hydrogen-bond donors (Lipinski definition) is 6. The van der Waals surface area contributed by atoms with Gasteiger partial charge in [-0.1, -0.05) is 254 Å². The maximum absolute atomic E-state index is 13.0. The maximum atomic E-state index is 13.0. The van der Waals surface area contributed by atoms with Crippen molar-refractivity contribution in [3.05, 3.63) is 60.8 Å². The molecule has 1 fully saturated rings. The fraction of sp³-hybridized carbons (Fsp3) is 0.817. The molecule has 0 aromatic rings. The molecule has 1 rings (SSSR count). The third kappa shape index (κ3) is 39.1. The van der Waals surface area contributed by atoms with Gasteiger partial charge < -0.3 is 40.3 Å². The summed E-state index contributed by atoms with van der Waals surface area (Å²) in [6, 6.07) is -0.716. The highest BCUT2D eigenvalue weighted by molar-refractivity contribution is 5.76. The van der Waals surface area contributed by atoms with Crippen molar-refractivity contribution in [1.29, 1.82) is 0 Å². The summed E-state index contributed by atoms with van der Waals surface area (Å²) in [5.41, 5.74) is 0. The molecule has 0 aromatic heterocycles. The number of aliphatic hydroxyl groups excluding tert-OH is 5. The molecule has 0 bridgehead atoms. The van der Waals surface area contributed by atoms with Crippen molar-refractivity contribution in [1.82, 2.24) is 5.32 Å². The van der Waals surface area contributed by atoms with Gasteiger partial charge >= 0.3 is 0 Å². The van der Waals surface area contributed by atoms with Crippen LogP contribution >= 0.6 is 0 Å². The van der Waals surface area contributed by atoms with E-state index in [1.165, 1.54) is 161 Å². The highest BCUT2D eigenvalue weighted by Gasteiger charge is 2.44. The van der Waals surface area contributed by atoms with Crippen LogP contribution in [0.2, 0.25) is 0 Å². The highest BCUT2D eigenvalue weighted by Crippen LogP contribution is 2.23. The number of aliphatic hydroxyl groups is 5. The lowest BCUT2D eigenvalue weighted by Crippen LogP contribution is -2.60. The molecule has 6 N–H and O–H groups in total. The number of hydrogen-bond acceptors (Lipinski definition) is 8. The fourth-order valence-electron chi connectivity index (χ4n) is 9.07. The number of ether oxygens (including phenoxy) is 2. The van der Waals surface area contributed by atoms with E-state index >= 15 is 0 Å². The third-order valence-corrected chi connectivity index (χ3v) is 13.6. The fourth-order valence-corrected chi connectivity index (χ4v) is 9.07. The standard InChI is InChI=1S/C60H109NO8/c1-3-5-7-9-11-13-14-15-16-17-18-19-20-21-22-23-24-25-26-27-28-29-30-31-32-33-34-35-36-37-38-39-40-42-44-46-48-50-56(64)61-53(54(63)49-47-45-43-41-12-10-8-6-4-2)52-68-60-59(67)58(66)57(65)55(51-62)69-60/h5,7,11,13,15-16,18-19,21-22,53-55,57-60,62-63,65-67H,3-4,6,8-10,12,14,17,20,23-52H2,1-2H3,(H,61,64)/b7-5-,13-11-,16-15-,19-18-,22-21-. The van der Waals surface area contributed by atoms with Gasteiger partial charge in [0.25, 0.3) is 0 Å². The number of allylic oxidation sites excluding steroid dienone is 10. The Morgan fingerprint density at radius 2 is 0.899 bits per heavy atom. The summed E-state index contributed by atoms with van der Waals surface area (Å²) in [7, 11) is 0. The predicted octanol–water partition coefficient (Wildman–Crippen LogP) is 14.3. The summed E-state index contributed by atoms with van der Waals surface area (Å²) < 4.78 is 11.3. The Kier molecular flexibility index (Phi) is 46.5. The van der Waals surface area contributed by atoms with E-state index in [2.05, 4.69) is 79.9 Å². The number of nitrogens with one attached hydrogen (secondary N) is 1. The van der Waals surface area contributed by atoms with Crippen LogP contribution in [0.1, 0.15) is 258 Å². The quantitative estimate of drug-likeness (QED) is 0.0261. The van der Waals surface area contributed by atoms with E-state index in [0.717, 1.165) is 70.6 Å². The number of carbonyl (C=O) groups is 1. The Morgan fingerprint density at radius 3 is 1.33 bits per heavy atom. The largest absolute Gasteiger partial charge is 0.394 e. The molecule has 1 amide bonds. The lowest BCUT2D eigenvalue weighted by Gasteiger charge is -2.40. The molecule has 0 spiro atoms.